The third-order valence-electron chi connectivity index (χ3n) is 10.5. The zero-order valence-electron chi connectivity index (χ0n) is 30.7. The van der Waals surface area contributed by atoms with Crippen LogP contribution in [-0.4, -0.2) is 27.0 Å². The van der Waals surface area contributed by atoms with Gasteiger partial charge in [0.25, 0.3) is 0 Å². The van der Waals surface area contributed by atoms with Crippen LogP contribution < -0.4 is 4.74 Å². The maximum atomic E-state index is 6.01. The molecule has 2 aliphatic heterocycles. The van der Waals surface area contributed by atoms with Gasteiger partial charge in [0.15, 0.2) is 0 Å². The zero-order valence-corrected chi connectivity index (χ0v) is 30.7. The fourth-order valence-electron chi connectivity index (χ4n) is 8.00. The van der Waals surface area contributed by atoms with Gasteiger partial charge in [-0.1, -0.05) is 140 Å². The number of nitrogens with zero attached hydrogens (tertiary/aromatic N) is 2. The van der Waals surface area contributed by atoms with Crippen LogP contribution >= 0.6 is 0 Å². The minimum atomic E-state index is 0.789. The SMILES string of the molecule is COc1ccccc1-c1cc2[nH]c1c(-c1ccccc1)c1nc(c(-c3ccccc3)c3nc(c(-c4ccccc4)c4ccc([nH]4)c2-c2ccccc2)C=C3)C=C1. The summed E-state index contributed by atoms with van der Waals surface area (Å²) in [5, 5.41) is 0. The van der Waals surface area contributed by atoms with Gasteiger partial charge in [0.05, 0.1) is 35.4 Å². The van der Waals surface area contributed by atoms with E-state index in [4.69, 9.17) is 14.7 Å². The second kappa shape index (κ2) is 14.0. The highest BCUT2D eigenvalue weighted by Gasteiger charge is 2.22. The lowest BCUT2D eigenvalue weighted by Gasteiger charge is -2.10. The van der Waals surface area contributed by atoms with Crippen molar-refractivity contribution >= 4 is 46.4 Å². The lowest BCUT2D eigenvalue weighted by Crippen LogP contribution is -1.91. The van der Waals surface area contributed by atoms with E-state index in [1.807, 2.05) is 24.3 Å². The highest BCUT2D eigenvalue weighted by Crippen LogP contribution is 2.43. The molecule has 5 heteroatoms. The third-order valence-corrected chi connectivity index (χ3v) is 10.5. The first-order chi connectivity index (χ1) is 27.7. The average molecular weight is 721 g/mol. The standard InChI is InChI=1S/C51H36N4O/c1-56-46-25-15-14-24-37(46)38-32-45-49(35-20-10-4-11-21-35)43-29-28-41(53-43)47(33-16-6-2-7-17-33)39-26-27-40(52-39)48(34-18-8-3-9-19-34)42-30-31-44(54-42)50(51(38)55-45)36-22-12-5-13-23-36/h2-32,53,55H,1H3. The average Bonchev–Trinajstić information content (AvgIpc) is 4.10. The zero-order chi connectivity index (χ0) is 37.4. The number of aromatic nitrogens is 4. The predicted octanol–water partition coefficient (Wildman–Crippen LogP) is 13.0. The molecule has 0 saturated heterocycles. The summed E-state index contributed by atoms with van der Waals surface area (Å²) >= 11 is 0. The van der Waals surface area contributed by atoms with Crippen molar-refractivity contribution in [2.45, 2.75) is 0 Å². The molecule has 0 unspecified atom stereocenters. The van der Waals surface area contributed by atoms with Gasteiger partial charge in [0.2, 0.25) is 0 Å². The lowest BCUT2D eigenvalue weighted by atomic mass is 9.98. The third kappa shape index (κ3) is 5.83. The van der Waals surface area contributed by atoms with Crippen LogP contribution in [-0.2, 0) is 0 Å². The molecule has 10 rings (SSSR count). The van der Waals surface area contributed by atoms with Crippen molar-refractivity contribution in [3.8, 4) is 61.4 Å². The largest absolute Gasteiger partial charge is 0.496 e. The van der Waals surface area contributed by atoms with Crippen molar-refractivity contribution in [1.82, 2.24) is 19.9 Å². The first kappa shape index (κ1) is 33.1. The van der Waals surface area contributed by atoms with Crippen LogP contribution in [0.5, 0.6) is 5.75 Å². The Morgan fingerprint density at radius 3 is 1.36 bits per heavy atom. The molecule has 5 nitrogen and oxygen atoms in total. The van der Waals surface area contributed by atoms with Gasteiger partial charge in [-0.15, -0.1) is 0 Å². The number of benzene rings is 5. The number of para-hydroxylation sites is 1. The van der Waals surface area contributed by atoms with Gasteiger partial charge in [-0.2, -0.15) is 0 Å². The summed E-state index contributed by atoms with van der Waals surface area (Å²) in [5.74, 6) is 0.789. The summed E-state index contributed by atoms with van der Waals surface area (Å²) in [4.78, 5) is 18.7. The van der Waals surface area contributed by atoms with E-state index >= 15 is 0 Å². The number of ether oxygens (including phenoxy) is 1. The van der Waals surface area contributed by atoms with Crippen LogP contribution in [0.15, 0.2) is 164 Å². The van der Waals surface area contributed by atoms with Crippen molar-refractivity contribution in [2.24, 2.45) is 0 Å². The summed E-state index contributed by atoms with van der Waals surface area (Å²) in [5.41, 5.74) is 17.5. The maximum Gasteiger partial charge on any atom is 0.126 e. The highest BCUT2D eigenvalue weighted by molar-refractivity contribution is 6.05. The van der Waals surface area contributed by atoms with E-state index in [9.17, 15) is 0 Å². The van der Waals surface area contributed by atoms with Crippen molar-refractivity contribution in [3.05, 3.63) is 187 Å². The second-order valence-electron chi connectivity index (χ2n) is 13.9. The number of H-pyrrole nitrogens is 2. The summed E-state index contributed by atoms with van der Waals surface area (Å²) in [6, 6.07) is 56.9. The Bertz CT molecular complexity index is 2980. The molecule has 0 fully saturated rings. The Morgan fingerprint density at radius 2 is 0.804 bits per heavy atom. The van der Waals surface area contributed by atoms with Crippen molar-refractivity contribution in [3.63, 3.8) is 0 Å². The Morgan fingerprint density at radius 1 is 0.375 bits per heavy atom. The molecule has 5 aromatic carbocycles. The Hall–Kier alpha value is -7.50. The van der Waals surface area contributed by atoms with E-state index < -0.39 is 0 Å². The van der Waals surface area contributed by atoms with Crippen LogP contribution in [0.25, 0.3) is 102 Å². The molecule has 3 aromatic heterocycles. The molecule has 8 aromatic rings. The molecule has 0 radical (unpaired) electrons. The van der Waals surface area contributed by atoms with Gasteiger partial charge >= 0.3 is 0 Å². The number of hydrogen-bond donors (Lipinski definition) is 2. The van der Waals surface area contributed by atoms with Crippen LogP contribution in [0.2, 0.25) is 0 Å². The number of rotatable bonds is 6. The summed E-state index contributed by atoms with van der Waals surface area (Å²) in [6.07, 6.45) is 8.51. The van der Waals surface area contributed by atoms with E-state index in [0.717, 1.165) is 106 Å². The van der Waals surface area contributed by atoms with E-state index in [2.05, 4.69) is 174 Å². The van der Waals surface area contributed by atoms with Gasteiger partial charge in [-0.05, 0) is 70.8 Å². The summed E-state index contributed by atoms with van der Waals surface area (Å²) < 4.78 is 6.01. The first-order valence-electron chi connectivity index (χ1n) is 18.8. The molecule has 0 saturated carbocycles. The molecule has 0 atom stereocenters. The van der Waals surface area contributed by atoms with Crippen LogP contribution in [0, 0.1) is 0 Å². The Labute approximate surface area is 325 Å². The number of nitrogens with one attached hydrogen (secondary N) is 2. The van der Waals surface area contributed by atoms with Gasteiger partial charge in [-0.3, -0.25) is 0 Å². The van der Waals surface area contributed by atoms with Crippen LogP contribution in [0.3, 0.4) is 0 Å². The fourth-order valence-corrected chi connectivity index (χ4v) is 8.00. The molecular weight excluding hydrogens is 685 g/mol. The van der Waals surface area contributed by atoms with E-state index in [-0.39, 0.29) is 0 Å². The van der Waals surface area contributed by atoms with Gasteiger partial charge in [-0.25, -0.2) is 9.97 Å². The van der Waals surface area contributed by atoms with Crippen molar-refractivity contribution < 1.29 is 4.74 Å². The highest BCUT2D eigenvalue weighted by atomic mass is 16.5. The minimum Gasteiger partial charge on any atom is -0.496 e. The normalized spacial score (nSPS) is 11.9. The molecule has 5 heterocycles. The van der Waals surface area contributed by atoms with E-state index in [0.29, 0.717) is 0 Å². The van der Waals surface area contributed by atoms with Gasteiger partial charge < -0.3 is 14.7 Å². The molecule has 8 bridgehead atoms. The molecule has 0 spiro atoms. The van der Waals surface area contributed by atoms with Crippen LogP contribution in [0.1, 0.15) is 22.8 Å². The smallest absolute Gasteiger partial charge is 0.126 e. The monoisotopic (exact) mass is 720 g/mol. The molecule has 0 amide bonds. The van der Waals surface area contributed by atoms with Gasteiger partial charge in [0.1, 0.15) is 5.75 Å². The Kier molecular flexibility index (Phi) is 8.30. The lowest BCUT2D eigenvalue weighted by molar-refractivity contribution is 0.416. The molecule has 2 aliphatic rings. The summed E-state index contributed by atoms with van der Waals surface area (Å²) in [7, 11) is 1.73. The van der Waals surface area contributed by atoms with Crippen LogP contribution in [0.4, 0.5) is 0 Å². The number of hydrogen-bond acceptors (Lipinski definition) is 3. The fraction of sp³-hybridized carbons (Fsp3) is 0.0196. The predicted molar refractivity (Wildman–Crippen MR) is 233 cm³/mol. The maximum absolute atomic E-state index is 6.01. The quantitative estimate of drug-likeness (QED) is 0.180. The van der Waals surface area contributed by atoms with Crippen molar-refractivity contribution in [2.75, 3.05) is 7.11 Å². The minimum absolute atomic E-state index is 0.789. The number of fused-ring (bicyclic) bond motifs is 8. The number of aromatic amines is 2. The van der Waals surface area contributed by atoms with E-state index in [1.54, 1.807) is 7.11 Å². The van der Waals surface area contributed by atoms with E-state index in [1.165, 1.54) is 0 Å². The Balaban J connectivity index is 1.46. The van der Waals surface area contributed by atoms with Crippen molar-refractivity contribution in [1.29, 1.82) is 0 Å². The number of methoxy groups -OCH3 is 1. The topological polar surface area (TPSA) is 66.6 Å². The van der Waals surface area contributed by atoms with Gasteiger partial charge in [0, 0.05) is 49.9 Å². The molecular formula is C51H36N4O. The second-order valence-corrected chi connectivity index (χ2v) is 13.9. The molecule has 266 valence electrons. The summed E-state index contributed by atoms with van der Waals surface area (Å²) in [6.45, 7) is 0. The molecule has 2 N–H and O–H groups in total. The first-order valence-corrected chi connectivity index (χ1v) is 18.8. The molecule has 56 heavy (non-hydrogen) atoms. The molecule has 0 aliphatic carbocycles.